The fourth-order valence-electron chi connectivity index (χ4n) is 2.33. The van der Waals surface area contributed by atoms with E-state index >= 15 is 0 Å². The topological polar surface area (TPSA) is 118 Å². The smallest absolute Gasteiger partial charge is 0.211 e. The summed E-state index contributed by atoms with van der Waals surface area (Å²) in [5, 5.41) is 0. The Morgan fingerprint density at radius 2 is 1.68 bits per heavy atom. The molecule has 0 aromatic heterocycles. The minimum Gasteiger partial charge on any atom is -0.211 e. The van der Waals surface area contributed by atoms with Gasteiger partial charge in [0.25, 0.3) is 0 Å². The number of unbranched alkanes of at least 4 members (excludes halogenated alkanes) is 2. The van der Waals surface area contributed by atoms with Crippen LogP contribution in [0.4, 0.5) is 11.4 Å². The van der Waals surface area contributed by atoms with Crippen LogP contribution in [-0.4, -0.2) is 36.9 Å². The van der Waals surface area contributed by atoms with E-state index in [0.717, 1.165) is 19.3 Å². The molecule has 1 unspecified atom stereocenters. The van der Waals surface area contributed by atoms with Crippen molar-refractivity contribution in [2.24, 2.45) is 20.0 Å². The number of nitrogens with zero attached hydrogens (tertiary/aromatic N) is 4. The Kier molecular flexibility index (Phi) is 9.65. The lowest BCUT2D eigenvalue weighted by Crippen LogP contribution is -2.09. The monoisotopic (exact) mass is 340 g/mol. The zero-order chi connectivity index (χ0) is 18.3. The van der Waals surface area contributed by atoms with Gasteiger partial charge in [0, 0.05) is 0 Å². The van der Waals surface area contributed by atoms with Gasteiger partial charge in [-0.15, -0.1) is 0 Å². The van der Waals surface area contributed by atoms with Crippen LogP contribution in [0.5, 0.6) is 0 Å². The predicted octanol–water partition coefficient (Wildman–Crippen LogP) is 2.76. The molecule has 8 heteroatoms. The summed E-state index contributed by atoms with van der Waals surface area (Å²) in [6, 6.07) is 4.40. The normalized spacial score (nSPS) is 10.4. The third kappa shape index (κ3) is 7.71. The second kappa shape index (κ2) is 12.2. The van der Waals surface area contributed by atoms with Crippen molar-refractivity contribution in [2.45, 2.75) is 38.1 Å². The molecule has 1 aromatic rings. The number of carbonyl (C=O) groups excluding carboxylic acids is 4. The Morgan fingerprint density at radius 1 is 0.880 bits per heavy atom. The Morgan fingerprint density at radius 3 is 2.36 bits per heavy atom. The quantitative estimate of drug-likeness (QED) is 0.349. The van der Waals surface area contributed by atoms with E-state index in [4.69, 9.17) is 0 Å². The molecule has 0 saturated heterocycles. The summed E-state index contributed by atoms with van der Waals surface area (Å²) >= 11 is 0. The number of benzene rings is 1. The van der Waals surface area contributed by atoms with Crippen LogP contribution < -0.4 is 0 Å². The molecule has 0 spiro atoms. The van der Waals surface area contributed by atoms with Gasteiger partial charge in [-0.05, 0) is 37.0 Å². The van der Waals surface area contributed by atoms with Gasteiger partial charge in [0.1, 0.15) is 0 Å². The molecule has 0 heterocycles. The van der Waals surface area contributed by atoms with Gasteiger partial charge in [-0.1, -0.05) is 18.9 Å². The van der Waals surface area contributed by atoms with Crippen molar-refractivity contribution in [3.05, 3.63) is 23.8 Å². The summed E-state index contributed by atoms with van der Waals surface area (Å²) in [5.74, 6) is 0. The third-order valence-electron chi connectivity index (χ3n) is 3.47. The van der Waals surface area contributed by atoms with Gasteiger partial charge in [0.15, 0.2) is 0 Å². The van der Waals surface area contributed by atoms with E-state index < -0.39 is 0 Å². The predicted molar refractivity (Wildman–Crippen MR) is 89.1 cm³/mol. The Labute approximate surface area is 144 Å². The Bertz CT molecular complexity index is 767. The van der Waals surface area contributed by atoms with Crippen LogP contribution in [0, 0.1) is 0 Å². The SMILES string of the molecule is O=C=NCCCCCC(Cc1ccc(N=C=O)cc1N=C=O)N=C=O. The molecule has 0 aliphatic heterocycles. The third-order valence-corrected chi connectivity index (χ3v) is 3.47. The molecule has 25 heavy (non-hydrogen) atoms. The van der Waals surface area contributed by atoms with Crippen LogP contribution in [0.15, 0.2) is 38.2 Å². The van der Waals surface area contributed by atoms with Crippen LogP contribution in [0.3, 0.4) is 0 Å². The minimum atomic E-state index is -0.312. The fourth-order valence-corrected chi connectivity index (χ4v) is 2.33. The molecule has 0 radical (unpaired) electrons. The van der Waals surface area contributed by atoms with Gasteiger partial charge < -0.3 is 0 Å². The first kappa shape index (κ1) is 19.8. The molecule has 0 N–H and O–H groups in total. The number of hydrogen-bond acceptors (Lipinski definition) is 8. The first-order chi connectivity index (χ1) is 12.2. The lowest BCUT2D eigenvalue weighted by atomic mass is 9.99. The molecule has 128 valence electrons. The van der Waals surface area contributed by atoms with Gasteiger partial charge in [-0.25, -0.2) is 29.2 Å². The number of rotatable bonds is 11. The Balaban J connectivity index is 2.79. The zero-order valence-electron chi connectivity index (χ0n) is 13.5. The average molecular weight is 340 g/mol. The summed E-state index contributed by atoms with van der Waals surface area (Å²) in [6.45, 7) is 0.433. The molecule has 1 aromatic carbocycles. The van der Waals surface area contributed by atoms with Crippen LogP contribution in [0.2, 0.25) is 0 Å². The molecular formula is C17H16N4O4. The van der Waals surface area contributed by atoms with Gasteiger partial charge in [-0.3, -0.25) is 0 Å². The molecule has 1 rings (SSSR count). The van der Waals surface area contributed by atoms with Crippen LogP contribution in [-0.2, 0) is 25.6 Å². The van der Waals surface area contributed by atoms with Crippen molar-refractivity contribution in [2.75, 3.05) is 6.54 Å². The number of hydrogen-bond donors (Lipinski definition) is 0. The maximum Gasteiger partial charge on any atom is 0.240 e. The maximum atomic E-state index is 10.6. The van der Waals surface area contributed by atoms with Crippen LogP contribution in [0.25, 0.3) is 0 Å². The van der Waals surface area contributed by atoms with E-state index in [2.05, 4.69) is 20.0 Å². The van der Waals surface area contributed by atoms with Crippen molar-refractivity contribution in [1.29, 1.82) is 0 Å². The highest BCUT2D eigenvalue weighted by molar-refractivity contribution is 5.62. The lowest BCUT2D eigenvalue weighted by Gasteiger charge is -2.12. The summed E-state index contributed by atoms with van der Waals surface area (Å²) in [5.41, 5.74) is 1.32. The minimum absolute atomic E-state index is 0.312. The molecule has 0 fully saturated rings. The first-order valence-corrected chi connectivity index (χ1v) is 7.64. The molecule has 1 atom stereocenters. The molecule has 8 nitrogen and oxygen atoms in total. The van der Waals surface area contributed by atoms with Crippen molar-refractivity contribution in [3.63, 3.8) is 0 Å². The van der Waals surface area contributed by atoms with Gasteiger partial charge >= 0.3 is 0 Å². The molecule has 0 aliphatic carbocycles. The van der Waals surface area contributed by atoms with Crippen molar-refractivity contribution < 1.29 is 19.2 Å². The maximum absolute atomic E-state index is 10.6. The molecule has 0 saturated carbocycles. The molecule has 0 amide bonds. The number of aliphatic imine (C=N–C) groups is 4. The first-order valence-electron chi connectivity index (χ1n) is 7.64. The largest absolute Gasteiger partial charge is 0.240 e. The van der Waals surface area contributed by atoms with E-state index in [-0.39, 0.29) is 6.04 Å². The lowest BCUT2D eigenvalue weighted by molar-refractivity contribution is 0.529. The average Bonchev–Trinajstić information content (AvgIpc) is 2.60. The summed E-state index contributed by atoms with van der Waals surface area (Å²) in [6.07, 6.45) is 9.32. The molecule has 0 aliphatic rings. The zero-order valence-corrected chi connectivity index (χ0v) is 13.5. The molecule has 0 bridgehead atoms. The summed E-state index contributed by atoms with van der Waals surface area (Å²) < 4.78 is 0. The van der Waals surface area contributed by atoms with Crippen LogP contribution in [0.1, 0.15) is 31.2 Å². The van der Waals surface area contributed by atoms with E-state index in [1.807, 2.05) is 0 Å². The van der Waals surface area contributed by atoms with Gasteiger partial charge in [-0.2, -0.15) is 9.98 Å². The van der Waals surface area contributed by atoms with E-state index in [9.17, 15) is 19.2 Å². The summed E-state index contributed by atoms with van der Waals surface area (Å²) in [7, 11) is 0. The van der Waals surface area contributed by atoms with E-state index in [1.54, 1.807) is 18.2 Å². The van der Waals surface area contributed by atoms with Crippen molar-refractivity contribution in [3.8, 4) is 0 Å². The number of isocyanates is 4. The highest BCUT2D eigenvalue weighted by Crippen LogP contribution is 2.27. The summed E-state index contributed by atoms with van der Waals surface area (Å²) in [4.78, 5) is 55.9. The van der Waals surface area contributed by atoms with Gasteiger partial charge in [0.2, 0.25) is 24.3 Å². The fraction of sp³-hybridized carbons (Fsp3) is 0.412. The second-order valence-electron chi connectivity index (χ2n) is 5.12. The van der Waals surface area contributed by atoms with Crippen molar-refractivity contribution >= 4 is 35.7 Å². The molecular weight excluding hydrogens is 324 g/mol. The Hall–Kier alpha value is -3.26. The highest BCUT2D eigenvalue weighted by Gasteiger charge is 2.12. The standard InChI is InChI=1S/C17H16N4O4/c22-10-18-7-3-1-2-4-15(19-11-23)8-14-5-6-16(20-12-24)9-17(14)21-13-25/h5-6,9,15H,1-4,7-8H2. The van der Waals surface area contributed by atoms with E-state index in [0.29, 0.717) is 36.3 Å². The van der Waals surface area contributed by atoms with E-state index in [1.165, 1.54) is 24.3 Å². The highest BCUT2D eigenvalue weighted by atomic mass is 16.1. The van der Waals surface area contributed by atoms with Crippen LogP contribution >= 0.6 is 0 Å². The van der Waals surface area contributed by atoms with Crippen molar-refractivity contribution in [1.82, 2.24) is 0 Å². The second-order valence-corrected chi connectivity index (χ2v) is 5.12. The van der Waals surface area contributed by atoms with Gasteiger partial charge in [0.05, 0.1) is 24.0 Å².